The van der Waals surface area contributed by atoms with Crippen LogP contribution in [0.15, 0.2) is 23.9 Å². The minimum absolute atomic E-state index is 0.458. The minimum atomic E-state index is 0.458. The molecule has 3 heteroatoms. The molecule has 0 rings (SSSR count). The summed E-state index contributed by atoms with van der Waals surface area (Å²) in [6.07, 6.45) is 39.1. The van der Waals surface area contributed by atoms with Crippen molar-refractivity contribution in [3.05, 3.63) is 23.9 Å². The van der Waals surface area contributed by atoms with Crippen LogP contribution in [0.2, 0.25) is 0 Å². The van der Waals surface area contributed by atoms with Crippen molar-refractivity contribution in [3.63, 3.8) is 0 Å². The largest absolute Gasteiger partial charge is 0.511 e. The molecule has 0 aliphatic heterocycles. The van der Waals surface area contributed by atoms with Gasteiger partial charge >= 0.3 is 0 Å². The predicted octanol–water partition coefficient (Wildman–Crippen LogP) is 13.1. The molecule has 0 amide bonds. The molecule has 0 bridgehead atoms. The van der Waals surface area contributed by atoms with E-state index in [2.05, 4.69) is 25.7 Å². The molecule has 2 N–H and O–H groups in total. The van der Waals surface area contributed by atoms with Crippen molar-refractivity contribution in [3.8, 4) is 0 Å². The van der Waals surface area contributed by atoms with Gasteiger partial charge in [-0.3, -0.25) is 0 Å². The fourth-order valence-corrected chi connectivity index (χ4v) is 5.34. The lowest BCUT2D eigenvalue weighted by Crippen LogP contribution is -2.14. The van der Waals surface area contributed by atoms with Gasteiger partial charge in [-0.2, -0.15) is 0 Å². The first-order valence-electron chi connectivity index (χ1n) is 17.7. The van der Waals surface area contributed by atoms with E-state index in [0.29, 0.717) is 11.5 Å². The van der Waals surface area contributed by atoms with Gasteiger partial charge in [0.1, 0.15) is 11.5 Å². The quantitative estimate of drug-likeness (QED) is 0.0667. The van der Waals surface area contributed by atoms with Crippen molar-refractivity contribution >= 4 is 0 Å². The molecule has 0 aliphatic rings. The summed E-state index contributed by atoms with van der Waals surface area (Å²) in [4.78, 5) is 2.05. The van der Waals surface area contributed by atoms with Gasteiger partial charge in [0.2, 0.25) is 0 Å². The molecule has 0 aromatic rings. The van der Waals surface area contributed by atoms with E-state index in [1.165, 1.54) is 148 Å². The number of allylic oxidation sites excluding steroid dienone is 2. The zero-order chi connectivity index (χ0) is 28.7. The van der Waals surface area contributed by atoms with Crippen LogP contribution in [0.4, 0.5) is 0 Å². The molecule has 0 heterocycles. The molecule has 0 unspecified atom stereocenters. The van der Waals surface area contributed by atoms with E-state index < -0.39 is 0 Å². The Morgan fingerprint density at radius 2 is 0.641 bits per heavy atom. The molecule has 0 fully saturated rings. The van der Waals surface area contributed by atoms with Gasteiger partial charge in [0.05, 0.1) is 0 Å². The second kappa shape index (κ2) is 31.4. The molecule has 0 aromatic heterocycles. The topological polar surface area (TPSA) is 43.7 Å². The summed E-state index contributed by atoms with van der Waals surface area (Å²) in [6.45, 7) is 7.65. The minimum Gasteiger partial charge on any atom is -0.511 e. The second-order valence-electron chi connectivity index (χ2n) is 12.1. The van der Waals surface area contributed by atoms with Gasteiger partial charge in [-0.15, -0.1) is 0 Å². The lowest BCUT2D eigenvalue weighted by molar-refractivity contribution is 0.334. The number of nitrogens with zero attached hydrogens (tertiary/aromatic N) is 1. The molecular formula is C36H71NO2. The van der Waals surface area contributed by atoms with Crippen molar-refractivity contribution in [1.29, 1.82) is 0 Å². The third-order valence-electron chi connectivity index (χ3n) is 7.97. The first-order chi connectivity index (χ1) is 19.1. The molecular weight excluding hydrogens is 478 g/mol. The van der Waals surface area contributed by atoms with Crippen molar-refractivity contribution in [2.75, 3.05) is 6.54 Å². The molecule has 0 aromatic carbocycles. The first-order valence-corrected chi connectivity index (χ1v) is 17.7. The molecule has 0 spiro atoms. The summed E-state index contributed by atoms with van der Waals surface area (Å²) in [7, 11) is 0. The monoisotopic (exact) mass is 550 g/mol. The maximum atomic E-state index is 10.6. The van der Waals surface area contributed by atoms with Crippen LogP contribution < -0.4 is 0 Å². The zero-order valence-electron chi connectivity index (χ0n) is 27.0. The van der Waals surface area contributed by atoms with Crippen LogP contribution >= 0.6 is 0 Å². The Morgan fingerprint density at radius 1 is 0.385 bits per heavy atom. The standard InChI is InChI=1S/C36H71NO2/c1-4-7-10-13-16-17-18-19-20-21-22-23-26-29-32-37(33-35(38)30-27-24-14-11-8-5-2)34-36(39)31-28-25-15-12-9-6-3/h33-34,38-39H,4-32H2,1-3H3. The Labute approximate surface area is 245 Å². The Bertz CT molecular complexity index is 510. The van der Waals surface area contributed by atoms with Crippen LogP contribution in [0.3, 0.4) is 0 Å². The smallest absolute Gasteiger partial charge is 0.108 e. The van der Waals surface area contributed by atoms with E-state index in [1.54, 1.807) is 0 Å². The normalized spacial score (nSPS) is 12.4. The Kier molecular flexibility index (Phi) is 30.5. The third-order valence-corrected chi connectivity index (χ3v) is 7.97. The first kappa shape index (κ1) is 37.9. The average molecular weight is 550 g/mol. The molecule has 0 atom stereocenters. The van der Waals surface area contributed by atoms with E-state index in [9.17, 15) is 10.2 Å². The van der Waals surface area contributed by atoms with Crippen LogP contribution in [-0.2, 0) is 0 Å². The summed E-state index contributed by atoms with van der Waals surface area (Å²) in [6, 6.07) is 0. The van der Waals surface area contributed by atoms with Crippen molar-refractivity contribution < 1.29 is 10.2 Å². The lowest BCUT2D eigenvalue weighted by atomic mass is 10.0. The van der Waals surface area contributed by atoms with E-state index >= 15 is 0 Å². The Hall–Kier alpha value is -1.12. The van der Waals surface area contributed by atoms with Gasteiger partial charge in [0.15, 0.2) is 0 Å². The highest BCUT2D eigenvalue weighted by Crippen LogP contribution is 2.16. The molecule has 0 aliphatic carbocycles. The van der Waals surface area contributed by atoms with Crippen LogP contribution in [0.5, 0.6) is 0 Å². The fraction of sp³-hybridized carbons (Fsp3) is 0.889. The Morgan fingerprint density at radius 3 is 0.949 bits per heavy atom. The Balaban J connectivity index is 4.26. The SMILES string of the molecule is CCCCCCCCCCCCCCCCN(C=C(O)CCCCCCCC)C=C(O)CCCCCCCC. The van der Waals surface area contributed by atoms with Gasteiger partial charge < -0.3 is 15.1 Å². The molecule has 39 heavy (non-hydrogen) atoms. The van der Waals surface area contributed by atoms with Gasteiger partial charge in [-0.1, -0.05) is 168 Å². The molecule has 3 nitrogen and oxygen atoms in total. The highest BCUT2D eigenvalue weighted by molar-refractivity contribution is 4.99. The average Bonchev–Trinajstić information content (AvgIpc) is 2.92. The predicted molar refractivity (Wildman–Crippen MR) is 174 cm³/mol. The highest BCUT2D eigenvalue weighted by atomic mass is 16.3. The number of unbranched alkanes of at least 4 members (excludes halogenated alkanes) is 23. The molecule has 0 saturated heterocycles. The lowest BCUT2D eigenvalue weighted by Gasteiger charge is -2.17. The summed E-state index contributed by atoms with van der Waals surface area (Å²) >= 11 is 0. The van der Waals surface area contributed by atoms with Crippen LogP contribution in [0.25, 0.3) is 0 Å². The maximum absolute atomic E-state index is 10.6. The molecule has 0 saturated carbocycles. The van der Waals surface area contributed by atoms with E-state index in [4.69, 9.17) is 0 Å². The fourth-order valence-electron chi connectivity index (χ4n) is 5.34. The van der Waals surface area contributed by atoms with Crippen molar-refractivity contribution in [2.24, 2.45) is 0 Å². The van der Waals surface area contributed by atoms with Crippen LogP contribution in [-0.4, -0.2) is 21.7 Å². The third kappa shape index (κ3) is 29.7. The number of aliphatic hydroxyl groups excluding tert-OH is 2. The number of aliphatic hydroxyl groups is 2. The van der Waals surface area contributed by atoms with Crippen LogP contribution in [0.1, 0.15) is 201 Å². The maximum Gasteiger partial charge on any atom is 0.108 e. The zero-order valence-corrected chi connectivity index (χ0v) is 27.0. The summed E-state index contributed by atoms with van der Waals surface area (Å²) in [5, 5.41) is 21.1. The van der Waals surface area contributed by atoms with Crippen molar-refractivity contribution in [2.45, 2.75) is 201 Å². The number of hydrogen-bond donors (Lipinski definition) is 2. The molecule has 232 valence electrons. The van der Waals surface area contributed by atoms with E-state index in [0.717, 1.165) is 38.6 Å². The van der Waals surface area contributed by atoms with Crippen LogP contribution in [0, 0.1) is 0 Å². The summed E-state index contributed by atoms with van der Waals surface area (Å²) < 4.78 is 0. The number of hydrogen-bond acceptors (Lipinski definition) is 3. The van der Waals surface area contributed by atoms with Gasteiger partial charge in [-0.05, 0) is 19.3 Å². The van der Waals surface area contributed by atoms with Gasteiger partial charge in [0, 0.05) is 31.8 Å². The summed E-state index contributed by atoms with van der Waals surface area (Å²) in [5.74, 6) is 0.916. The van der Waals surface area contributed by atoms with E-state index in [1.807, 2.05) is 12.4 Å². The number of rotatable bonds is 31. The summed E-state index contributed by atoms with van der Waals surface area (Å²) in [5.41, 5.74) is 0. The van der Waals surface area contributed by atoms with Gasteiger partial charge in [-0.25, -0.2) is 0 Å². The second-order valence-corrected chi connectivity index (χ2v) is 12.1. The highest BCUT2D eigenvalue weighted by Gasteiger charge is 2.04. The molecule has 0 radical (unpaired) electrons. The van der Waals surface area contributed by atoms with Crippen molar-refractivity contribution in [1.82, 2.24) is 4.90 Å². The van der Waals surface area contributed by atoms with Gasteiger partial charge in [0.25, 0.3) is 0 Å². The van der Waals surface area contributed by atoms with E-state index in [-0.39, 0.29) is 0 Å².